The zero-order valence-electron chi connectivity index (χ0n) is 13.6. The van der Waals surface area contributed by atoms with Gasteiger partial charge >= 0.3 is 5.97 Å². The van der Waals surface area contributed by atoms with Crippen molar-refractivity contribution in [3.8, 4) is 0 Å². The molecule has 1 unspecified atom stereocenters. The molecular weight excluding hydrogens is 268 g/mol. The number of anilines is 2. The normalized spacial score (nSPS) is 12.1. The van der Waals surface area contributed by atoms with Gasteiger partial charge in [0, 0.05) is 19.0 Å². The van der Waals surface area contributed by atoms with Gasteiger partial charge in [0.25, 0.3) is 0 Å². The highest BCUT2D eigenvalue weighted by Crippen LogP contribution is 2.16. The molecule has 1 rings (SSSR count). The van der Waals surface area contributed by atoms with Crippen LogP contribution in [-0.4, -0.2) is 35.6 Å². The maximum atomic E-state index is 11.8. The molecule has 0 aromatic carbocycles. The molecule has 1 aromatic rings. The van der Waals surface area contributed by atoms with Crippen molar-refractivity contribution in [2.75, 3.05) is 24.3 Å². The zero-order valence-corrected chi connectivity index (χ0v) is 13.6. The van der Waals surface area contributed by atoms with E-state index >= 15 is 0 Å². The SMILES string of the molecule is CCCNc1cc(NC(C(=O)OC)C(C)C)nc(CC)n1. The minimum atomic E-state index is -0.423. The van der Waals surface area contributed by atoms with Crippen molar-refractivity contribution < 1.29 is 9.53 Å². The Kier molecular flexibility index (Phi) is 6.91. The second-order valence-corrected chi connectivity index (χ2v) is 5.22. The summed E-state index contributed by atoms with van der Waals surface area (Å²) in [6.45, 7) is 8.88. The number of esters is 1. The Bertz CT molecular complexity index is 463. The number of nitrogens with zero attached hydrogens (tertiary/aromatic N) is 2. The number of hydrogen-bond acceptors (Lipinski definition) is 6. The number of ether oxygens (including phenoxy) is 1. The summed E-state index contributed by atoms with van der Waals surface area (Å²) < 4.78 is 4.84. The highest BCUT2D eigenvalue weighted by Gasteiger charge is 2.23. The molecule has 0 aliphatic carbocycles. The van der Waals surface area contributed by atoms with E-state index in [1.54, 1.807) is 0 Å². The molecule has 0 aliphatic rings. The average molecular weight is 294 g/mol. The number of rotatable bonds is 8. The van der Waals surface area contributed by atoms with Crippen molar-refractivity contribution in [2.45, 2.75) is 46.6 Å². The third-order valence-corrected chi connectivity index (χ3v) is 3.07. The second-order valence-electron chi connectivity index (χ2n) is 5.22. The molecular formula is C15H26N4O2. The summed E-state index contributed by atoms with van der Waals surface area (Å²) in [6, 6.07) is 1.40. The van der Waals surface area contributed by atoms with E-state index < -0.39 is 6.04 Å². The number of hydrogen-bond donors (Lipinski definition) is 2. The van der Waals surface area contributed by atoms with E-state index in [9.17, 15) is 4.79 Å². The summed E-state index contributed by atoms with van der Waals surface area (Å²) in [4.78, 5) is 20.7. The third-order valence-electron chi connectivity index (χ3n) is 3.07. The second kappa shape index (κ2) is 8.44. The fourth-order valence-corrected chi connectivity index (χ4v) is 1.86. The molecule has 0 saturated heterocycles. The Labute approximate surface area is 126 Å². The quantitative estimate of drug-likeness (QED) is 0.717. The minimum absolute atomic E-state index is 0.101. The predicted molar refractivity (Wildman–Crippen MR) is 84.5 cm³/mol. The molecule has 6 nitrogen and oxygen atoms in total. The summed E-state index contributed by atoms with van der Waals surface area (Å²) in [5.74, 6) is 1.98. The van der Waals surface area contributed by atoms with Crippen molar-refractivity contribution in [2.24, 2.45) is 5.92 Å². The van der Waals surface area contributed by atoms with Gasteiger partial charge < -0.3 is 15.4 Å². The molecule has 2 N–H and O–H groups in total. The third kappa shape index (κ3) is 5.21. The number of carbonyl (C=O) groups is 1. The molecule has 0 saturated carbocycles. The van der Waals surface area contributed by atoms with Crippen molar-refractivity contribution in [1.29, 1.82) is 0 Å². The summed E-state index contributed by atoms with van der Waals surface area (Å²) in [6.07, 6.45) is 1.76. The molecule has 0 aliphatic heterocycles. The van der Waals surface area contributed by atoms with Crippen LogP contribution >= 0.6 is 0 Å². The number of methoxy groups -OCH3 is 1. The summed E-state index contributed by atoms with van der Waals surface area (Å²) in [7, 11) is 1.39. The van der Waals surface area contributed by atoms with Gasteiger partial charge in [0.1, 0.15) is 23.5 Å². The summed E-state index contributed by atoms with van der Waals surface area (Å²) in [5.41, 5.74) is 0. The van der Waals surface area contributed by atoms with Gasteiger partial charge in [-0.2, -0.15) is 0 Å². The molecule has 1 aromatic heterocycles. The Morgan fingerprint density at radius 1 is 1.29 bits per heavy atom. The van der Waals surface area contributed by atoms with E-state index in [1.807, 2.05) is 26.8 Å². The fourth-order valence-electron chi connectivity index (χ4n) is 1.86. The zero-order chi connectivity index (χ0) is 15.8. The molecule has 0 amide bonds. The van der Waals surface area contributed by atoms with Crippen LogP contribution in [0.5, 0.6) is 0 Å². The lowest BCUT2D eigenvalue weighted by Crippen LogP contribution is -2.35. The van der Waals surface area contributed by atoms with Gasteiger partial charge in [0.2, 0.25) is 0 Å². The van der Waals surface area contributed by atoms with Gasteiger partial charge in [-0.25, -0.2) is 14.8 Å². The number of aromatic nitrogens is 2. The largest absolute Gasteiger partial charge is 0.467 e. The minimum Gasteiger partial charge on any atom is -0.467 e. The van der Waals surface area contributed by atoms with Crippen LogP contribution in [0.3, 0.4) is 0 Å². The van der Waals surface area contributed by atoms with E-state index in [1.165, 1.54) is 7.11 Å². The molecule has 21 heavy (non-hydrogen) atoms. The molecule has 1 heterocycles. The summed E-state index contributed by atoms with van der Waals surface area (Å²) in [5, 5.41) is 6.40. The van der Waals surface area contributed by atoms with E-state index in [0.29, 0.717) is 5.82 Å². The number of aryl methyl sites for hydroxylation is 1. The highest BCUT2D eigenvalue weighted by atomic mass is 16.5. The lowest BCUT2D eigenvalue weighted by Gasteiger charge is -2.21. The Balaban J connectivity index is 2.96. The first-order valence-corrected chi connectivity index (χ1v) is 7.47. The van der Waals surface area contributed by atoms with Gasteiger partial charge in [0.05, 0.1) is 7.11 Å². The van der Waals surface area contributed by atoms with E-state index in [4.69, 9.17) is 4.74 Å². The molecule has 0 fully saturated rings. The highest BCUT2D eigenvalue weighted by molar-refractivity contribution is 5.79. The lowest BCUT2D eigenvalue weighted by atomic mass is 10.0. The Morgan fingerprint density at radius 2 is 1.95 bits per heavy atom. The maximum absolute atomic E-state index is 11.8. The molecule has 0 bridgehead atoms. The van der Waals surface area contributed by atoms with E-state index in [0.717, 1.165) is 31.0 Å². The van der Waals surface area contributed by atoms with Gasteiger partial charge in [-0.3, -0.25) is 0 Å². The standard InChI is InChI=1S/C15H26N4O2/c1-6-8-16-12-9-13(18-11(7-2)17-12)19-14(10(3)4)15(20)21-5/h9-10,14H,6-8H2,1-5H3,(H2,16,17,18,19). The number of carbonyl (C=O) groups excluding carboxylic acids is 1. The van der Waals surface area contributed by atoms with E-state index in [2.05, 4.69) is 27.5 Å². The lowest BCUT2D eigenvalue weighted by molar-refractivity contribution is -0.142. The number of nitrogens with one attached hydrogen (secondary N) is 2. The predicted octanol–water partition coefficient (Wildman–Crippen LogP) is 2.47. The maximum Gasteiger partial charge on any atom is 0.328 e. The first kappa shape index (κ1) is 17.2. The van der Waals surface area contributed by atoms with Crippen LogP contribution in [0, 0.1) is 5.92 Å². The van der Waals surface area contributed by atoms with Crippen LogP contribution < -0.4 is 10.6 Å². The van der Waals surface area contributed by atoms with Gasteiger partial charge in [0.15, 0.2) is 0 Å². The smallest absolute Gasteiger partial charge is 0.328 e. The Hall–Kier alpha value is -1.85. The molecule has 6 heteroatoms. The van der Waals surface area contributed by atoms with Crippen molar-refractivity contribution >= 4 is 17.6 Å². The van der Waals surface area contributed by atoms with Crippen LogP contribution in [0.4, 0.5) is 11.6 Å². The molecule has 118 valence electrons. The van der Waals surface area contributed by atoms with E-state index in [-0.39, 0.29) is 11.9 Å². The average Bonchev–Trinajstić information content (AvgIpc) is 2.49. The molecule has 0 radical (unpaired) electrons. The molecule has 0 spiro atoms. The van der Waals surface area contributed by atoms with Gasteiger partial charge in [-0.05, 0) is 12.3 Å². The van der Waals surface area contributed by atoms with Crippen molar-refractivity contribution in [3.63, 3.8) is 0 Å². The first-order valence-electron chi connectivity index (χ1n) is 7.47. The van der Waals surface area contributed by atoms with Crippen molar-refractivity contribution in [3.05, 3.63) is 11.9 Å². The van der Waals surface area contributed by atoms with Crippen LogP contribution in [-0.2, 0) is 16.0 Å². The van der Waals surface area contributed by atoms with Crippen molar-refractivity contribution in [1.82, 2.24) is 9.97 Å². The van der Waals surface area contributed by atoms with Crippen LogP contribution in [0.1, 0.15) is 39.9 Å². The fraction of sp³-hybridized carbons (Fsp3) is 0.667. The van der Waals surface area contributed by atoms with Gasteiger partial charge in [-0.1, -0.05) is 27.7 Å². The first-order chi connectivity index (χ1) is 10.0. The topological polar surface area (TPSA) is 76.1 Å². The van der Waals surface area contributed by atoms with Crippen LogP contribution in [0.25, 0.3) is 0 Å². The monoisotopic (exact) mass is 294 g/mol. The Morgan fingerprint density at radius 3 is 2.48 bits per heavy atom. The molecule has 1 atom stereocenters. The van der Waals surface area contributed by atoms with Crippen LogP contribution in [0.15, 0.2) is 6.07 Å². The van der Waals surface area contributed by atoms with Gasteiger partial charge in [-0.15, -0.1) is 0 Å². The summed E-state index contributed by atoms with van der Waals surface area (Å²) >= 11 is 0. The van der Waals surface area contributed by atoms with Crippen LogP contribution in [0.2, 0.25) is 0 Å².